The first-order valence-electron chi connectivity index (χ1n) is 9.73. The van der Waals surface area contributed by atoms with Gasteiger partial charge >= 0.3 is 5.63 Å². The summed E-state index contributed by atoms with van der Waals surface area (Å²) in [5.41, 5.74) is 1.09. The van der Waals surface area contributed by atoms with E-state index in [9.17, 15) is 9.90 Å². The molecule has 0 amide bonds. The predicted molar refractivity (Wildman–Crippen MR) is 120 cm³/mol. The van der Waals surface area contributed by atoms with E-state index in [2.05, 4.69) is 0 Å². The van der Waals surface area contributed by atoms with E-state index in [1.54, 1.807) is 43.5 Å². The molecule has 5 nitrogen and oxygen atoms in total. The highest BCUT2D eigenvalue weighted by atomic mass is 16.5. The average Bonchev–Trinajstić information content (AvgIpc) is 2.80. The molecule has 0 saturated heterocycles. The lowest BCUT2D eigenvalue weighted by molar-refractivity contribution is 0.412. The number of hydrogen-bond donors (Lipinski definition) is 1. The second-order valence-corrected chi connectivity index (χ2v) is 7.11. The second kappa shape index (κ2) is 7.54. The summed E-state index contributed by atoms with van der Waals surface area (Å²) < 4.78 is 16.9. The van der Waals surface area contributed by atoms with Gasteiger partial charge in [-0.3, -0.25) is 0 Å². The zero-order chi connectivity index (χ0) is 21.4. The lowest BCUT2D eigenvalue weighted by Gasteiger charge is -2.14. The van der Waals surface area contributed by atoms with Crippen LogP contribution in [0.5, 0.6) is 23.0 Å². The summed E-state index contributed by atoms with van der Waals surface area (Å²) in [5, 5.41) is 12.5. The van der Waals surface area contributed by atoms with Gasteiger partial charge < -0.3 is 19.0 Å². The van der Waals surface area contributed by atoms with Gasteiger partial charge in [0.1, 0.15) is 22.8 Å². The van der Waals surface area contributed by atoms with Crippen LogP contribution in [-0.4, -0.2) is 12.2 Å². The summed E-state index contributed by atoms with van der Waals surface area (Å²) in [7, 11) is 1.55. The van der Waals surface area contributed by atoms with E-state index in [0.717, 1.165) is 16.3 Å². The monoisotopic (exact) mass is 410 g/mol. The molecule has 5 aromatic rings. The third-order valence-electron chi connectivity index (χ3n) is 5.17. The molecule has 0 aliphatic heterocycles. The summed E-state index contributed by atoms with van der Waals surface area (Å²) >= 11 is 0. The van der Waals surface area contributed by atoms with Gasteiger partial charge in [-0.25, -0.2) is 4.79 Å². The van der Waals surface area contributed by atoms with Crippen LogP contribution < -0.4 is 15.1 Å². The number of phenols is 1. The minimum Gasteiger partial charge on any atom is -0.508 e. The molecular weight excluding hydrogens is 392 g/mol. The quantitative estimate of drug-likeness (QED) is 0.362. The van der Waals surface area contributed by atoms with Crippen LogP contribution in [0.15, 0.2) is 94.1 Å². The van der Waals surface area contributed by atoms with Gasteiger partial charge in [0.05, 0.1) is 7.11 Å². The number of rotatable bonds is 4. The first-order valence-corrected chi connectivity index (χ1v) is 9.73. The van der Waals surface area contributed by atoms with E-state index in [4.69, 9.17) is 13.9 Å². The highest BCUT2D eigenvalue weighted by Crippen LogP contribution is 2.38. The standard InChI is InChI=1S/C26H18O5/c1-29-20-12-13-22-23(15-20)31-26(28)25(24(22)17-6-9-19(27)10-7-17)30-21-11-8-16-4-2-3-5-18(16)14-21/h2-15,27H,1H3. The maximum atomic E-state index is 13.0. The summed E-state index contributed by atoms with van der Waals surface area (Å²) in [6, 6.07) is 25.5. The molecule has 0 unspecified atom stereocenters. The fourth-order valence-electron chi connectivity index (χ4n) is 3.65. The maximum absolute atomic E-state index is 13.0. The molecule has 0 spiro atoms. The van der Waals surface area contributed by atoms with Gasteiger partial charge in [-0.05, 0) is 52.7 Å². The molecular formula is C26H18O5. The Morgan fingerprint density at radius 2 is 1.55 bits per heavy atom. The molecule has 1 heterocycles. The molecule has 5 rings (SSSR count). The molecule has 5 heteroatoms. The third kappa shape index (κ3) is 3.46. The first kappa shape index (κ1) is 18.8. The molecule has 0 bridgehead atoms. The van der Waals surface area contributed by atoms with Crippen molar-refractivity contribution in [3.05, 3.63) is 95.3 Å². The molecule has 0 radical (unpaired) electrons. The van der Waals surface area contributed by atoms with Gasteiger partial charge in [0.2, 0.25) is 5.75 Å². The lowest BCUT2D eigenvalue weighted by atomic mass is 10.0. The van der Waals surface area contributed by atoms with E-state index in [0.29, 0.717) is 28.0 Å². The number of ether oxygens (including phenoxy) is 2. The van der Waals surface area contributed by atoms with Crippen LogP contribution in [0.4, 0.5) is 0 Å². The maximum Gasteiger partial charge on any atom is 0.380 e. The van der Waals surface area contributed by atoms with Gasteiger partial charge in [0.15, 0.2) is 0 Å². The van der Waals surface area contributed by atoms with Gasteiger partial charge in [0, 0.05) is 17.0 Å². The molecule has 0 fully saturated rings. The third-order valence-corrected chi connectivity index (χ3v) is 5.17. The Morgan fingerprint density at radius 1 is 0.806 bits per heavy atom. The van der Waals surface area contributed by atoms with E-state index >= 15 is 0 Å². The van der Waals surface area contributed by atoms with E-state index in [-0.39, 0.29) is 11.5 Å². The molecule has 152 valence electrons. The topological polar surface area (TPSA) is 68.9 Å². The van der Waals surface area contributed by atoms with Crippen LogP contribution in [0.25, 0.3) is 32.9 Å². The fourth-order valence-corrected chi connectivity index (χ4v) is 3.65. The van der Waals surface area contributed by atoms with Crippen molar-refractivity contribution in [2.45, 2.75) is 0 Å². The van der Waals surface area contributed by atoms with E-state index in [1.165, 1.54) is 0 Å². The number of hydrogen-bond acceptors (Lipinski definition) is 5. The fraction of sp³-hybridized carbons (Fsp3) is 0.0385. The highest BCUT2D eigenvalue weighted by Gasteiger charge is 2.19. The summed E-state index contributed by atoms with van der Waals surface area (Å²) in [4.78, 5) is 13.0. The largest absolute Gasteiger partial charge is 0.508 e. The van der Waals surface area contributed by atoms with Crippen molar-refractivity contribution in [2.75, 3.05) is 7.11 Å². The van der Waals surface area contributed by atoms with Crippen LogP contribution in [0, 0.1) is 0 Å². The van der Waals surface area contributed by atoms with E-state index in [1.807, 2.05) is 48.5 Å². The second-order valence-electron chi connectivity index (χ2n) is 7.11. The molecule has 0 saturated carbocycles. The minimum absolute atomic E-state index is 0.0821. The zero-order valence-corrected chi connectivity index (χ0v) is 16.7. The van der Waals surface area contributed by atoms with Gasteiger partial charge in [-0.1, -0.05) is 42.5 Å². The lowest BCUT2D eigenvalue weighted by Crippen LogP contribution is -2.06. The van der Waals surface area contributed by atoms with Gasteiger partial charge in [-0.15, -0.1) is 0 Å². The van der Waals surface area contributed by atoms with E-state index < -0.39 is 5.63 Å². The Labute approximate surface area is 177 Å². The Morgan fingerprint density at radius 3 is 2.32 bits per heavy atom. The number of phenolic OH excluding ortho intramolecular Hbond substituents is 1. The molecule has 0 atom stereocenters. The number of benzene rings is 4. The minimum atomic E-state index is -0.600. The van der Waals surface area contributed by atoms with Crippen LogP contribution >= 0.6 is 0 Å². The van der Waals surface area contributed by atoms with Crippen molar-refractivity contribution in [1.29, 1.82) is 0 Å². The van der Waals surface area contributed by atoms with Crippen molar-refractivity contribution >= 4 is 21.7 Å². The summed E-state index contributed by atoms with van der Waals surface area (Å²) in [6.07, 6.45) is 0. The highest BCUT2D eigenvalue weighted by molar-refractivity contribution is 5.97. The van der Waals surface area contributed by atoms with Crippen molar-refractivity contribution in [2.24, 2.45) is 0 Å². The Balaban J connectivity index is 1.73. The zero-order valence-electron chi connectivity index (χ0n) is 16.7. The number of methoxy groups -OCH3 is 1. The van der Waals surface area contributed by atoms with Crippen LogP contribution in [0.1, 0.15) is 0 Å². The van der Waals surface area contributed by atoms with Gasteiger partial charge in [0.25, 0.3) is 0 Å². The SMILES string of the molecule is COc1ccc2c(-c3ccc(O)cc3)c(Oc3ccc4ccccc4c3)c(=O)oc2c1. The molecule has 31 heavy (non-hydrogen) atoms. The normalized spacial score (nSPS) is 11.0. The first-order chi connectivity index (χ1) is 15.1. The number of fused-ring (bicyclic) bond motifs is 2. The summed E-state index contributed by atoms with van der Waals surface area (Å²) in [6.45, 7) is 0. The predicted octanol–water partition coefficient (Wildman–Crippen LogP) is 6.12. The van der Waals surface area contributed by atoms with Crippen molar-refractivity contribution in [3.63, 3.8) is 0 Å². The van der Waals surface area contributed by atoms with Crippen molar-refractivity contribution in [3.8, 4) is 34.1 Å². The molecule has 1 aromatic heterocycles. The van der Waals surface area contributed by atoms with Crippen LogP contribution in [0.3, 0.4) is 0 Å². The van der Waals surface area contributed by atoms with Gasteiger partial charge in [-0.2, -0.15) is 0 Å². The Bertz CT molecular complexity index is 1470. The molecule has 1 N–H and O–H groups in total. The number of aromatic hydroxyl groups is 1. The smallest absolute Gasteiger partial charge is 0.380 e. The van der Waals surface area contributed by atoms with Crippen molar-refractivity contribution < 1.29 is 19.0 Å². The summed E-state index contributed by atoms with van der Waals surface area (Å²) in [5.74, 6) is 1.32. The molecule has 4 aromatic carbocycles. The Kier molecular flexibility index (Phi) is 4.56. The van der Waals surface area contributed by atoms with Crippen molar-refractivity contribution in [1.82, 2.24) is 0 Å². The van der Waals surface area contributed by atoms with Crippen LogP contribution in [-0.2, 0) is 0 Å². The molecule has 0 aliphatic carbocycles. The van der Waals surface area contributed by atoms with Crippen LogP contribution in [0.2, 0.25) is 0 Å². The molecule has 0 aliphatic rings. The Hall–Kier alpha value is -4.25. The average molecular weight is 410 g/mol.